The van der Waals surface area contributed by atoms with E-state index in [1.54, 1.807) is 17.0 Å². The summed E-state index contributed by atoms with van der Waals surface area (Å²) in [6, 6.07) is 3.23. The van der Waals surface area contributed by atoms with Crippen LogP contribution in [0.4, 0.5) is 5.69 Å². The highest BCUT2D eigenvalue weighted by atomic mass is 16.4. The van der Waals surface area contributed by atoms with Crippen molar-refractivity contribution < 1.29 is 24.6 Å². The van der Waals surface area contributed by atoms with Crippen LogP contribution in [0.25, 0.3) is 0 Å². The van der Waals surface area contributed by atoms with E-state index >= 15 is 0 Å². The molecular weight excluding hydrogens is 474 g/mol. The van der Waals surface area contributed by atoms with Gasteiger partial charge in [0.2, 0.25) is 5.91 Å². The summed E-state index contributed by atoms with van der Waals surface area (Å²) in [6.07, 6.45) is 8.00. The number of aliphatic hydroxyl groups is 1. The predicted molar refractivity (Wildman–Crippen MR) is 144 cm³/mol. The second kappa shape index (κ2) is 12.9. The summed E-state index contributed by atoms with van der Waals surface area (Å²) in [5.74, 6) is -2.16. The Hall–Kier alpha value is -3.92. The average Bonchev–Trinajstić information content (AvgIpc) is 2.85. The Morgan fingerprint density at radius 2 is 2.00 bits per heavy atom. The number of aliphatic hydroxyl groups excluding tert-OH is 1. The Morgan fingerprint density at radius 3 is 2.57 bits per heavy atom. The Labute approximate surface area is 217 Å². The number of nitrogens with two attached hydrogens (primary N) is 1. The van der Waals surface area contributed by atoms with Crippen LogP contribution < -0.4 is 21.3 Å². The van der Waals surface area contributed by atoms with Crippen LogP contribution in [0.3, 0.4) is 0 Å². The molecule has 1 aromatic rings. The molecule has 10 nitrogen and oxygen atoms in total. The molecule has 200 valence electrons. The highest BCUT2D eigenvalue weighted by molar-refractivity contribution is 6.01. The third-order valence-corrected chi connectivity index (χ3v) is 6.18. The highest BCUT2D eigenvalue weighted by Gasteiger charge is 2.32. The van der Waals surface area contributed by atoms with Crippen LogP contribution in [0.1, 0.15) is 60.7 Å². The van der Waals surface area contributed by atoms with Crippen molar-refractivity contribution >= 4 is 29.3 Å². The lowest BCUT2D eigenvalue weighted by atomic mass is 9.87. The topological polar surface area (TPSA) is 169 Å². The first-order valence-electron chi connectivity index (χ1n) is 12.1. The Bertz CT molecular complexity index is 1100. The van der Waals surface area contributed by atoms with Crippen LogP contribution >= 0.6 is 0 Å². The first kappa shape index (κ1) is 29.3. The maximum Gasteiger partial charge on any atom is 0.337 e. The molecule has 0 radical (unpaired) electrons. The van der Waals surface area contributed by atoms with Gasteiger partial charge in [0.15, 0.2) is 0 Å². The zero-order valence-electron chi connectivity index (χ0n) is 21.6. The fourth-order valence-corrected chi connectivity index (χ4v) is 4.01. The van der Waals surface area contributed by atoms with Crippen LogP contribution in [-0.2, 0) is 4.79 Å². The number of piperidine rings is 1. The van der Waals surface area contributed by atoms with Crippen molar-refractivity contribution in [3.05, 3.63) is 65.9 Å². The molecule has 0 unspecified atom stereocenters. The molecular formula is C27H37N5O5. The molecule has 2 rings (SSSR count). The fraction of sp³-hybridized carbons (Fsp3) is 0.407. The number of allylic oxidation sites excluding steroid dienone is 3. The molecule has 0 spiro atoms. The maximum absolute atomic E-state index is 13.2. The van der Waals surface area contributed by atoms with E-state index in [0.717, 1.165) is 12.8 Å². The van der Waals surface area contributed by atoms with Crippen LogP contribution in [0.2, 0.25) is 0 Å². The predicted octanol–water partition coefficient (Wildman–Crippen LogP) is 2.56. The number of carboxylic acid groups (broad SMARTS) is 1. The van der Waals surface area contributed by atoms with E-state index in [9.17, 15) is 24.6 Å². The minimum absolute atomic E-state index is 0.0902. The number of rotatable bonds is 10. The molecule has 0 aliphatic carbocycles. The van der Waals surface area contributed by atoms with E-state index in [0.29, 0.717) is 24.4 Å². The molecule has 1 aromatic carbocycles. The number of nitrogens with zero attached hydrogens (tertiary/aromatic N) is 1. The van der Waals surface area contributed by atoms with E-state index < -0.39 is 29.4 Å². The second-order valence-corrected chi connectivity index (χ2v) is 9.95. The molecule has 2 atom stereocenters. The number of amidine groups is 1. The fourth-order valence-electron chi connectivity index (χ4n) is 4.01. The Morgan fingerprint density at radius 1 is 1.30 bits per heavy atom. The summed E-state index contributed by atoms with van der Waals surface area (Å²) in [6.45, 7) is 9.56. The molecule has 37 heavy (non-hydrogen) atoms. The molecule has 1 aliphatic heterocycles. The van der Waals surface area contributed by atoms with Crippen molar-refractivity contribution in [2.45, 2.75) is 52.1 Å². The third-order valence-electron chi connectivity index (χ3n) is 6.18. The Kier molecular flexibility index (Phi) is 10.2. The normalized spacial score (nSPS) is 17.2. The lowest BCUT2D eigenvalue weighted by molar-refractivity contribution is -0.122. The van der Waals surface area contributed by atoms with E-state index in [-0.39, 0.29) is 29.5 Å². The van der Waals surface area contributed by atoms with Gasteiger partial charge in [-0.15, -0.1) is 0 Å². The molecule has 1 fully saturated rings. The van der Waals surface area contributed by atoms with Crippen LogP contribution in [-0.4, -0.2) is 59.1 Å². The van der Waals surface area contributed by atoms with Gasteiger partial charge in [-0.2, -0.15) is 0 Å². The molecule has 1 heterocycles. The van der Waals surface area contributed by atoms with Crippen molar-refractivity contribution in [3.63, 3.8) is 0 Å². The number of hydrogen-bond acceptors (Lipinski definition) is 6. The zero-order valence-corrected chi connectivity index (χ0v) is 21.6. The quantitative estimate of drug-likeness (QED) is 0.159. The number of benzene rings is 1. The SMILES string of the molecule is C=C/C(=C\C=C\C(=N)N)NC(=O)[C@@H]1CCCCN1c1ccc(C(=O)N[C@H](CO)C(C)(C)C)cc1C(=O)O. The van der Waals surface area contributed by atoms with Gasteiger partial charge in [-0.3, -0.25) is 15.0 Å². The smallest absolute Gasteiger partial charge is 0.337 e. The maximum atomic E-state index is 13.2. The minimum atomic E-state index is -1.22. The summed E-state index contributed by atoms with van der Waals surface area (Å²) < 4.78 is 0. The van der Waals surface area contributed by atoms with Crippen LogP contribution in [0.15, 0.2) is 54.8 Å². The molecule has 2 amide bonds. The number of carbonyl (C=O) groups is 3. The molecule has 1 saturated heterocycles. The van der Waals surface area contributed by atoms with Crippen molar-refractivity contribution in [2.24, 2.45) is 11.1 Å². The molecule has 0 aromatic heterocycles. The number of aromatic carboxylic acids is 1. The van der Waals surface area contributed by atoms with Crippen molar-refractivity contribution in [1.29, 1.82) is 5.41 Å². The van der Waals surface area contributed by atoms with Crippen molar-refractivity contribution in [1.82, 2.24) is 10.6 Å². The van der Waals surface area contributed by atoms with Gasteiger partial charge in [0, 0.05) is 17.8 Å². The zero-order chi connectivity index (χ0) is 27.8. The molecule has 0 bridgehead atoms. The standard InChI is InChI=1S/C27H37N5O5/c1-5-18(9-8-11-23(28)29)30-25(35)21-10-6-7-14-32(21)20-13-12-17(15-19(20)26(36)37)24(34)31-22(16-33)27(2,3)4/h5,8-9,11-13,15,21-22,33H,1,6-7,10,14,16H2,2-4H3,(H3,28,29)(H,30,35)(H,31,34)(H,36,37)/b11-8+,18-9+/t21-,22+/m0/s1. The number of hydrogen-bond donors (Lipinski definition) is 6. The molecule has 0 saturated carbocycles. The van der Waals surface area contributed by atoms with Gasteiger partial charge >= 0.3 is 5.97 Å². The van der Waals surface area contributed by atoms with Crippen molar-refractivity contribution in [3.8, 4) is 0 Å². The lowest BCUT2D eigenvalue weighted by Crippen LogP contribution is -2.50. The van der Waals surface area contributed by atoms with Gasteiger partial charge in [-0.25, -0.2) is 4.79 Å². The monoisotopic (exact) mass is 511 g/mol. The van der Waals surface area contributed by atoms with Gasteiger partial charge in [0.1, 0.15) is 11.9 Å². The van der Waals surface area contributed by atoms with E-state index in [2.05, 4.69) is 17.2 Å². The third kappa shape index (κ3) is 8.04. The second-order valence-electron chi connectivity index (χ2n) is 9.95. The first-order chi connectivity index (χ1) is 17.4. The van der Waals surface area contributed by atoms with Gasteiger partial charge in [-0.1, -0.05) is 33.4 Å². The van der Waals surface area contributed by atoms with Gasteiger partial charge in [0.05, 0.1) is 23.9 Å². The number of nitrogens with one attached hydrogen (secondary N) is 3. The van der Waals surface area contributed by atoms with Gasteiger partial charge in [-0.05, 0) is 61.1 Å². The molecule has 7 N–H and O–H groups in total. The number of amides is 2. The largest absolute Gasteiger partial charge is 0.478 e. The van der Waals surface area contributed by atoms with E-state index in [1.807, 2.05) is 20.8 Å². The van der Waals surface area contributed by atoms with Gasteiger partial charge in [0.25, 0.3) is 5.91 Å². The minimum Gasteiger partial charge on any atom is -0.478 e. The van der Waals surface area contributed by atoms with E-state index in [4.69, 9.17) is 11.1 Å². The molecule has 1 aliphatic rings. The number of carboxylic acids is 1. The summed E-state index contributed by atoms with van der Waals surface area (Å²) in [4.78, 5) is 40.0. The summed E-state index contributed by atoms with van der Waals surface area (Å²) in [5.41, 5.74) is 5.73. The summed E-state index contributed by atoms with van der Waals surface area (Å²) in [5, 5.41) is 32.4. The highest BCUT2D eigenvalue weighted by Crippen LogP contribution is 2.30. The van der Waals surface area contributed by atoms with E-state index in [1.165, 1.54) is 30.4 Å². The number of carbonyl (C=O) groups excluding carboxylic acids is 2. The summed E-state index contributed by atoms with van der Waals surface area (Å²) >= 11 is 0. The lowest BCUT2D eigenvalue weighted by Gasteiger charge is -2.37. The Balaban J connectivity index is 2.35. The number of anilines is 1. The van der Waals surface area contributed by atoms with Crippen LogP contribution in [0.5, 0.6) is 0 Å². The first-order valence-corrected chi connectivity index (χ1v) is 12.1. The summed E-state index contributed by atoms with van der Waals surface area (Å²) in [7, 11) is 0. The van der Waals surface area contributed by atoms with Crippen molar-refractivity contribution in [2.75, 3.05) is 18.1 Å². The van der Waals surface area contributed by atoms with Crippen LogP contribution in [0, 0.1) is 10.8 Å². The molecule has 10 heteroatoms. The average molecular weight is 512 g/mol. The van der Waals surface area contributed by atoms with Gasteiger partial charge < -0.3 is 31.5 Å².